The van der Waals surface area contributed by atoms with E-state index >= 15 is 0 Å². The first kappa shape index (κ1) is 12.1. The molecule has 0 aliphatic rings. The Morgan fingerprint density at radius 2 is 2.31 bits per heavy atom. The van der Waals surface area contributed by atoms with E-state index in [2.05, 4.69) is 5.32 Å². The zero-order valence-corrected chi connectivity index (χ0v) is 8.80. The number of benzene rings is 1. The maximum Gasteiger partial charge on any atom is 0.271 e. The van der Waals surface area contributed by atoms with Crippen molar-refractivity contribution >= 4 is 17.3 Å². The van der Waals surface area contributed by atoms with Gasteiger partial charge in [-0.05, 0) is 13.0 Å². The molecule has 0 aliphatic heterocycles. The van der Waals surface area contributed by atoms with Gasteiger partial charge in [0.15, 0.2) is 0 Å². The van der Waals surface area contributed by atoms with Crippen LogP contribution in [0.4, 0.5) is 11.4 Å². The van der Waals surface area contributed by atoms with Gasteiger partial charge < -0.3 is 10.1 Å². The van der Waals surface area contributed by atoms with E-state index in [1.54, 1.807) is 13.0 Å². The number of ether oxygens (including phenoxy) is 1. The molecule has 0 fully saturated rings. The summed E-state index contributed by atoms with van der Waals surface area (Å²) >= 11 is 0. The SMILES string of the molecule is CCOCC(=O)Nc1cccc([N+](=O)[O-])c1. The van der Waals surface area contributed by atoms with Gasteiger partial charge in [-0.15, -0.1) is 0 Å². The molecule has 0 heterocycles. The van der Waals surface area contributed by atoms with Crippen LogP contribution in [0.5, 0.6) is 0 Å². The number of carbonyl (C=O) groups excluding carboxylic acids is 1. The van der Waals surface area contributed by atoms with Crippen LogP contribution in [0.3, 0.4) is 0 Å². The maximum atomic E-state index is 11.2. The van der Waals surface area contributed by atoms with Crippen molar-refractivity contribution in [2.75, 3.05) is 18.5 Å². The van der Waals surface area contributed by atoms with Crippen LogP contribution in [0.2, 0.25) is 0 Å². The standard InChI is InChI=1S/C10H12N2O4/c1-2-16-7-10(13)11-8-4-3-5-9(6-8)12(14)15/h3-6H,2,7H2,1H3,(H,11,13). The second-order valence-electron chi connectivity index (χ2n) is 2.99. The normalized spacial score (nSPS) is 9.81. The highest BCUT2D eigenvalue weighted by molar-refractivity contribution is 5.91. The lowest BCUT2D eigenvalue weighted by molar-refractivity contribution is -0.384. The zero-order valence-electron chi connectivity index (χ0n) is 8.80. The van der Waals surface area contributed by atoms with Gasteiger partial charge in [0.1, 0.15) is 6.61 Å². The second-order valence-corrected chi connectivity index (χ2v) is 2.99. The third kappa shape index (κ3) is 3.66. The van der Waals surface area contributed by atoms with Crippen molar-refractivity contribution in [1.82, 2.24) is 0 Å². The minimum atomic E-state index is -0.516. The van der Waals surface area contributed by atoms with Gasteiger partial charge in [0.25, 0.3) is 5.69 Å². The summed E-state index contributed by atoms with van der Waals surface area (Å²) < 4.78 is 4.90. The molecule has 0 radical (unpaired) electrons. The van der Waals surface area contributed by atoms with Gasteiger partial charge in [-0.2, -0.15) is 0 Å². The summed E-state index contributed by atoms with van der Waals surface area (Å²) in [6.07, 6.45) is 0. The highest BCUT2D eigenvalue weighted by Gasteiger charge is 2.07. The first-order valence-corrected chi connectivity index (χ1v) is 4.75. The molecule has 16 heavy (non-hydrogen) atoms. The Morgan fingerprint density at radius 1 is 1.56 bits per heavy atom. The van der Waals surface area contributed by atoms with E-state index in [0.717, 1.165) is 0 Å². The van der Waals surface area contributed by atoms with Gasteiger partial charge in [-0.3, -0.25) is 14.9 Å². The van der Waals surface area contributed by atoms with Crippen LogP contribution in [0.1, 0.15) is 6.92 Å². The number of rotatable bonds is 5. The van der Waals surface area contributed by atoms with Crippen molar-refractivity contribution in [3.8, 4) is 0 Å². The minimum Gasteiger partial charge on any atom is -0.372 e. The Hall–Kier alpha value is -1.95. The molecule has 86 valence electrons. The van der Waals surface area contributed by atoms with E-state index in [4.69, 9.17) is 4.74 Å². The third-order valence-electron chi connectivity index (χ3n) is 1.78. The molecule has 0 atom stereocenters. The van der Waals surface area contributed by atoms with Gasteiger partial charge in [-0.1, -0.05) is 6.07 Å². The minimum absolute atomic E-state index is 0.0564. The van der Waals surface area contributed by atoms with E-state index in [9.17, 15) is 14.9 Å². The Labute approximate surface area is 92.4 Å². The Morgan fingerprint density at radius 3 is 2.94 bits per heavy atom. The number of hydrogen-bond acceptors (Lipinski definition) is 4. The van der Waals surface area contributed by atoms with Crippen molar-refractivity contribution in [2.24, 2.45) is 0 Å². The van der Waals surface area contributed by atoms with Crippen LogP contribution < -0.4 is 5.32 Å². The largest absolute Gasteiger partial charge is 0.372 e. The lowest BCUT2D eigenvalue weighted by atomic mass is 10.3. The number of nitro benzene ring substituents is 1. The molecule has 1 amide bonds. The first-order chi connectivity index (χ1) is 7.63. The summed E-state index contributed by atoms with van der Waals surface area (Å²) in [7, 11) is 0. The van der Waals surface area contributed by atoms with E-state index in [1.165, 1.54) is 18.2 Å². The van der Waals surface area contributed by atoms with Crippen molar-refractivity contribution < 1.29 is 14.5 Å². The van der Waals surface area contributed by atoms with Crippen LogP contribution in [0, 0.1) is 10.1 Å². The summed E-state index contributed by atoms with van der Waals surface area (Å²) in [5.41, 5.74) is 0.327. The van der Waals surface area contributed by atoms with E-state index in [-0.39, 0.29) is 18.2 Å². The molecule has 6 heteroatoms. The average molecular weight is 224 g/mol. The molecule has 0 spiro atoms. The topological polar surface area (TPSA) is 81.5 Å². The van der Waals surface area contributed by atoms with E-state index in [0.29, 0.717) is 12.3 Å². The number of hydrogen-bond donors (Lipinski definition) is 1. The molecule has 0 saturated carbocycles. The van der Waals surface area contributed by atoms with Crippen molar-refractivity contribution in [3.63, 3.8) is 0 Å². The number of amides is 1. The molecular weight excluding hydrogens is 212 g/mol. The predicted molar refractivity (Wildman–Crippen MR) is 58.2 cm³/mol. The molecule has 0 aliphatic carbocycles. The molecule has 1 aromatic rings. The lowest BCUT2D eigenvalue weighted by Crippen LogP contribution is -2.18. The maximum absolute atomic E-state index is 11.2. The van der Waals surface area contributed by atoms with Gasteiger partial charge in [0.05, 0.1) is 4.92 Å². The van der Waals surface area contributed by atoms with Crippen LogP contribution in [-0.2, 0) is 9.53 Å². The Kier molecular flexibility index (Phi) is 4.41. The summed E-state index contributed by atoms with van der Waals surface area (Å²) in [6, 6.07) is 5.74. The first-order valence-electron chi connectivity index (χ1n) is 4.75. The molecule has 0 aromatic heterocycles. The predicted octanol–water partition coefficient (Wildman–Crippen LogP) is 1.57. The number of carbonyl (C=O) groups is 1. The smallest absolute Gasteiger partial charge is 0.271 e. The summed E-state index contributed by atoms with van der Waals surface area (Å²) in [5, 5.41) is 13.0. The summed E-state index contributed by atoms with van der Waals surface area (Å²) in [4.78, 5) is 21.2. The molecular formula is C10H12N2O4. The third-order valence-corrected chi connectivity index (χ3v) is 1.78. The molecule has 0 unspecified atom stereocenters. The highest BCUT2D eigenvalue weighted by Crippen LogP contribution is 2.16. The summed E-state index contributed by atoms with van der Waals surface area (Å²) in [6.45, 7) is 2.17. The number of non-ortho nitro benzene ring substituents is 1. The zero-order chi connectivity index (χ0) is 12.0. The number of nitrogens with one attached hydrogen (secondary N) is 1. The van der Waals surface area contributed by atoms with Gasteiger partial charge in [-0.25, -0.2) is 0 Å². The highest BCUT2D eigenvalue weighted by atomic mass is 16.6. The number of nitro groups is 1. The monoisotopic (exact) mass is 224 g/mol. The van der Waals surface area contributed by atoms with Crippen LogP contribution in [0.15, 0.2) is 24.3 Å². The average Bonchev–Trinajstić information content (AvgIpc) is 2.26. The van der Waals surface area contributed by atoms with Gasteiger partial charge >= 0.3 is 0 Å². The Bertz CT molecular complexity index is 392. The second kappa shape index (κ2) is 5.82. The van der Waals surface area contributed by atoms with Crippen LogP contribution in [0.25, 0.3) is 0 Å². The fraction of sp³-hybridized carbons (Fsp3) is 0.300. The Balaban J connectivity index is 2.63. The van der Waals surface area contributed by atoms with Gasteiger partial charge in [0, 0.05) is 24.4 Å². The fourth-order valence-corrected chi connectivity index (χ4v) is 1.09. The van der Waals surface area contributed by atoms with E-state index in [1.807, 2.05) is 0 Å². The molecule has 0 bridgehead atoms. The molecule has 1 N–H and O–H groups in total. The summed E-state index contributed by atoms with van der Waals surface area (Å²) in [5.74, 6) is -0.331. The molecule has 1 rings (SSSR count). The van der Waals surface area contributed by atoms with Crippen molar-refractivity contribution in [3.05, 3.63) is 34.4 Å². The quantitative estimate of drug-likeness (QED) is 0.608. The molecule has 1 aromatic carbocycles. The fourth-order valence-electron chi connectivity index (χ4n) is 1.09. The van der Waals surface area contributed by atoms with Crippen LogP contribution in [-0.4, -0.2) is 24.0 Å². The molecule has 0 saturated heterocycles. The van der Waals surface area contributed by atoms with Crippen LogP contribution >= 0.6 is 0 Å². The number of anilines is 1. The molecule has 6 nitrogen and oxygen atoms in total. The lowest BCUT2D eigenvalue weighted by Gasteiger charge is -2.04. The van der Waals surface area contributed by atoms with Gasteiger partial charge in [0.2, 0.25) is 5.91 Å². The number of nitrogens with zero attached hydrogens (tertiary/aromatic N) is 1. The van der Waals surface area contributed by atoms with Crippen molar-refractivity contribution in [1.29, 1.82) is 0 Å². The van der Waals surface area contributed by atoms with Crippen molar-refractivity contribution in [2.45, 2.75) is 6.92 Å². The van der Waals surface area contributed by atoms with E-state index < -0.39 is 4.92 Å².